The molecule has 50 heavy (non-hydrogen) atoms. The second-order valence-corrected chi connectivity index (χ2v) is 8.04. The van der Waals surface area contributed by atoms with Crippen molar-refractivity contribution >= 4 is 0 Å². The molecule has 0 aliphatic heterocycles. The van der Waals surface area contributed by atoms with Crippen LogP contribution in [0.2, 0.25) is 0 Å². The Hall–Kier alpha value is 14.8. The molecular formula is C31H74Ar12O7. The number of ether oxygens (including phenoxy) is 7. The van der Waals surface area contributed by atoms with E-state index < -0.39 is 0 Å². The van der Waals surface area contributed by atoms with E-state index in [0.29, 0.717) is 39.6 Å². The molecular weight excluding hydrogens is 964 g/mol. The van der Waals surface area contributed by atoms with E-state index in [0.717, 1.165) is 26.4 Å². The molecule has 0 aromatic rings. The van der Waals surface area contributed by atoms with Gasteiger partial charge in [0.25, 0.3) is 0 Å². The van der Waals surface area contributed by atoms with E-state index in [2.05, 4.69) is 51.0 Å². The predicted molar refractivity (Wildman–Crippen MR) is 167 cm³/mol. The van der Waals surface area contributed by atoms with Crippen molar-refractivity contribution in [3.63, 3.8) is 0 Å². The summed E-state index contributed by atoms with van der Waals surface area (Å²) in [5, 5.41) is 0. The molecule has 0 saturated heterocycles. The maximum atomic E-state index is 5.06. The minimum absolute atomic E-state index is 0. The first kappa shape index (κ1) is 120. The molecule has 0 aliphatic carbocycles. The molecule has 0 heterocycles. The van der Waals surface area contributed by atoms with E-state index in [4.69, 9.17) is 23.7 Å². The summed E-state index contributed by atoms with van der Waals surface area (Å²) in [6.45, 7) is 24.2. The van der Waals surface area contributed by atoms with E-state index in [-0.39, 0.29) is 453 Å². The number of rotatable bonds is 20. The van der Waals surface area contributed by atoms with Crippen LogP contribution in [0.3, 0.4) is 0 Å². The molecule has 0 radical (unpaired) electrons. The van der Waals surface area contributed by atoms with Crippen molar-refractivity contribution in [1.29, 1.82) is 0 Å². The maximum absolute atomic E-state index is 5.06. The third-order valence-electron chi connectivity index (χ3n) is 4.30. The van der Waals surface area contributed by atoms with Crippen LogP contribution < -0.4 is 0 Å². The first-order chi connectivity index (χ1) is 18.5. The monoisotopic (exact) mass is 1040 g/mol. The van der Waals surface area contributed by atoms with Crippen LogP contribution in [0.1, 0.15) is 113 Å². The van der Waals surface area contributed by atoms with Gasteiger partial charge in [0.1, 0.15) is 0 Å². The van der Waals surface area contributed by atoms with Gasteiger partial charge in [0.15, 0.2) is 0 Å². The minimum Gasteiger partial charge on any atom is -0.382 e. The Morgan fingerprint density at radius 2 is 0.440 bits per heavy atom. The van der Waals surface area contributed by atoms with Crippen LogP contribution in [0.25, 0.3) is 0 Å². The van der Waals surface area contributed by atoms with Gasteiger partial charge in [-0.2, -0.15) is 0 Å². The molecule has 0 atom stereocenters. The third kappa shape index (κ3) is 198. The van der Waals surface area contributed by atoms with Gasteiger partial charge >= 0.3 is 0 Å². The molecule has 7 nitrogen and oxygen atoms in total. The van der Waals surface area contributed by atoms with Gasteiger partial charge in [-0.25, -0.2) is 0 Å². The summed E-state index contributed by atoms with van der Waals surface area (Å²) in [7, 11) is 6.61. The SMILES string of the molecule is CCCC.CCCCC.CCCCCC.CCOCCOCC.COCCOC.COCCOCCOC.[Ar].[Ar].[Ar].[Ar].[Ar].[Ar].[Ar].[Ar].[Ar].[Ar].[Ar].[Ar]. The molecule has 336 valence electrons. The van der Waals surface area contributed by atoms with Crippen molar-refractivity contribution in [2.75, 3.05) is 94.5 Å². The zero-order valence-electron chi connectivity index (χ0n) is 32.5. The molecule has 0 aliphatic rings. The molecule has 0 fully saturated rings. The normalized spacial score (nSPS) is 6.96. The van der Waals surface area contributed by atoms with Crippen molar-refractivity contribution in [3.05, 3.63) is 0 Å². The summed E-state index contributed by atoms with van der Waals surface area (Å²) in [4.78, 5) is 0. The fraction of sp³-hybridized carbons (Fsp3) is 1.00. The summed E-state index contributed by atoms with van der Waals surface area (Å²) >= 11 is 0. The second-order valence-electron chi connectivity index (χ2n) is 8.04. The molecule has 0 spiro atoms. The summed E-state index contributed by atoms with van der Waals surface area (Å²) in [5.74, 6) is 0. The molecule has 19 heteroatoms. The number of hydrogen-bond acceptors (Lipinski definition) is 7. The molecule has 0 aromatic heterocycles. The maximum Gasteiger partial charge on any atom is 0.0701 e. The number of unbranched alkanes of at least 4 members (excludes halogenated alkanes) is 6. The van der Waals surface area contributed by atoms with Gasteiger partial charge in [-0.1, -0.05) is 99.3 Å². The van der Waals surface area contributed by atoms with Crippen molar-refractivity contribution in [3.8, 4) is 0 Å². The van der Waals surface area contributed by atoms with E-state index in [1.807, 2.05) is 13.8 Å². The third-order valence-corrected chi connectivity index (χ3v) is 4.30. The van der Waals surface area contributed by atoms with E-state index in [1.165, 1.54) is 57.8 Å². The van der Waals surface area contributed by atoms with Gasteiger partial charge in [0.2, 0.25) is 0 Å². The van der Waals surface area contributed by atoms with Gasteiger partial charge < -0.3 is 33.2 Å². The van der Waals surface area contributed by atoms with E-state index in [1.54, 1.807) is 28.4 Å². The smallest absolute Gasteiger partial charge is 0.0701 e. The minimum atomic E-state index is 0. The summed E-state index contributed by atoms with van der Waals surface area (Å²) < 4.78 is 33.9. The zero-order valence-corrected chi connectivity index (χ0v) is 41.0. The molecule has 0 amide bonds. The zero-order chi connectivity index (χ0) is 30.4. The van der Waals surface area contributed by atoms with Gasteiger partial charge in [0.05, 0.1) is 52.9 Å². The first-order valence-electron chi connectivity index (χ1n) is 15.2. The molecule has 0 bridgehead atoms. The quantitative estimate of drug-likeness (QED) is 0.114. The van der Waals surface area contributed by atoms with Gasteiger partial charge in [0, 0.05) is 495 Å². The average Bonchev–Trinajstić information content (AvgIpc) is 2.95. The summed E-state index contributed by atoms with van der Waals surface area (Å²) in [6, 6.07) is 0. The van der Waals surface area contributed by atoms with Gasteiger partial charge in [-0.3, -0.25) is 0 Å². The fourth-order valence-electron chi connectivity index (χ4n) is 1.81. The topological polar surface area (TPSA) is 64.6 Å². The molecule has 0 N–H and O–H groups in total. The number of hydrogen-bond donors (Lipinski definition) is 0. The molecule has 0 saturated carbocycles. The Morgan fingerprint density at radius 1 is 0.240 bits per heavy atom. The molecule has 0 rings (SSSR count). The molecule has 0 unspecified atom stereocenters. The van der Waals surface area contributed by atoms with Gasteiger partial charge in [-0.05, 0) is 13.8 Å². The standard InChI is InChI=1S/C6H14O3.C6H14O2.C6H14.C5H12.C4H10O2.C4H10.12Ar/c1-7-3-5-9-6-4-8-2;1-3-7-5-6-8-4-2;1-3-5-6-4-2;1-3-5-4-2;1-5-3-4-6-2;1-3-4-2;;;;;;;;;;;;/h3-6H2,1-2H3;3-6H2,1-2H3;3-6H2,1-2H3;3-5H2,1-2H3;3-4H2,1-2H3;3-4H2,1-2H3;;;;;;;;;;;;. The Morgan fingerprint density at radius 3 is 0.580 bits per heavy atom. The van der Waals surface area contributed by atoms with Crippen molar-refractivity contribution in [2.24, 2.45) is 0 Å². The molecule has 0 aromatic carbocycles. The summed E-state index contributed by atoms with van der Waals surface area (Å²) in [5.41, 5.74) is 0. The van der Waals surface area contributed by atoms with Crippen LogP contribution in [-0.2, 0) is 33.2 Å². The largest absolute Gasteiger partial charge is 0.382 e. The van der Waals surface area contributed by atoms with Gasteiger partial charge in [-0.15, -0.1) is 0 Å². The van der Waals surface area contributed by atoms with Crippen molar-refractivity contribution in [1.82, 2.24) is 0 Å². The van der Waals surface area contributed by atoms with Crippen LogP contribution in [-0.4, -0.2) is 94.5 Å². The van der Waals surface area contributed by atoms with Crippen LogP contribution in [0.15, 0.2) is 0 Å². The predicted octanol–water partition coefficient (Wildman–Crippen LogP) is 8.22. The van der Waals surface area contributed by atoms with Crippen LogP contribution in [0.5, 0.6) is 0 Å². The first-order valence-corrected chi connectivity index (χ1v) is 15.2. The summed E-state index contributed by atoms with van der Waals surface area (Å²) in [6.07, 6.45) is 12.3. The van der Waals surface area contributed by atoms with E-state index in [9.17, 15) is 0 Å². The van der Waals surface area contributed by atoms with Crippen LogP contribution in [0.4, 0.5) is 0 Å². The Kier molecular flexibility index (Phi) is 364. The Balaban J connectivity index is -0.0000000149. The fourth-order valence-corrected chi connectivity index (χ4v) is 1.81. The van der Waals surface area contributed by atoms with Crippen LogP contribution >= 0.6 is 0 Å². The van der Waals surface area contributed by atoms with E-state index >= 15 is 0 Å². The van der Waals surface area contributed by atoms with Crippen molar-refractivity contribution < 1.29 is 486 Å². The Bertz CT molecular complexity index is 278. The Labute approximate surface area is 674 Å². The number of methoxy groups -OCH3 is 4. The average molecular weight is 1040 g/mol. The van der Waals surface area contributed by atoms with Crippen molar-refractivity contribution in [2.45, 2.75) is 113 Å². The van der Waals surface area contributed by atoms with Crippen LogP contribution in [0, 0.1) is 453 Å². The second kappa shape index (κ2) is 151.